The first-order valence-electron chi connectivity index (χ1n) is 6.50. The molecule has 0 aliphatic carbocycles. The zero-order chi connectivity index (χ0) is 16.3. The second-order valence-electron chi connectivity index (χ2n) is 4.69. The van der Waals surface area contributed by atoms with Gasteiger partial charge >= 0.3 is 0 Å². The Bertz CT molecular complexity index is 696. The highest BCUT2D eigenvalue weighted by atomic mass is 35.5. The summed E-state index contributed by atoms with van der Waals surface area (Å²) in [5.41, 5.74) is 0.997. The van der Waals surface area contributed by atoms with Crippen LogP contribution in [0.4, 0.5) is 15.8 Å². The molecule has 0 saturated carbocycles. The topological polar surface area (TPSA) is 49.4 Å². The maximum absolute atomic E-state index is 13.8. The summed E-state index contributed by atoms with van der Waals surface area (Å²) in [4.78, 5) is 24.6. The lowest BCUT2D eigenvalue weighted by atomic mass is 10.1. The molecule has 0 aliphatic heterocycles. The third-order valence-corrected chi connectivity index (χ3v) is 3.37. The zero-order valence-corrected chi connectivity index (χ0v) is 12.8. The minimum Gasteiger partial charge on any atom is -0.326 e. The van der Waals surface area contributed by atoms with Crippen molar-refractivity contribution in [3.63, 3.8) is 0 Å². The van der Waals surface area contributed by atoms with E-state index in [0.717, 1.165) is 0 Å². The molecule has 0 aromatic heterocycles. The van der Waals surface area contributed by atoms with Gasteiger partial charge in [0.25, 0.3) is 5.91 Å². The average Bonchev–Trinajstić information content (AvgIpc) is 2.46. The zero-order valence-electron chi connectivity index (χ0n) is 12.1. The van der Waals surface area contributed by atoms with E-state index in [0.29, 0.717) is 11.4 Å². The predicted octanol–water partition coefficient (Wildman–Crippen LogP) is 3.71. The van der Waals surface area contributed by atoms with Crippen LogP contribution in [0, 0.1) is 5.82 Å². The molecule has 2 aromatic carbocycles. The molecule has 0 atom stereocenters. The second kappa shape index (κ2) is 6.58. The predicted molar refractivity (Wildman–Crippen MR) is 84.9 cm³/mol. The van der Waals surface area contributed by atoms with Gasteiger partial charge in [0.15, 0.2) is 0 Å². The Morgan fingerprint density at radius 3 is 2.32 bits per heavy atom. The quantitative estimate of drug-likeness (QED) is 0.937. The second-order valence-corrected chi connectivity index (χ2v) is 5.10. The van der Waals surface area contributed by atoms with Gasteiger partial charge in [0.1, 0.15) is 5.82 Å². The van der Waals surface area contributed by atoms with Crippen LogP contribution in [0.2, 0.25) is 5.02 Å². The Hall–Kier alpha value is -2.40. The number of carbonyl (C=O) groups is 2. The van der Waals surface area contributed by atoms with Gasteiger partial charge in [-0.15, -0.1) is 0 Å². The highest BCUT2D eigenvalue weighted by Crippen LogP contribution is 2.24. The third-order valence-electron chi connectivity index (χ3n) is 3.06. The van der Waals surface area contributed by atoms with Gasteiger partial charge in [0, 0.05) is 25.3 Å². The van der Waals surface area contributed by atoms with E-state index in [2.05, 4.69) is 5.32 Å². The third kappa shape index (κ3) is 3.43. The van der Waals surface area contributed by atoms with Crippen LogP contribution in [-0.4, -0.2) is 18.9 Å². The average molecular weight is 321 g/mol. The van der Waals surface area contributed by atoms with Gasteiger partial charge in [-0.1, -0.05) is 17.7 Å². The van der Waals surface area contributed by atoms with Crippen LogP contribution < -0.4 is 10.2 Å². The Labute approximate surface area is 132 Å². The molecule has 114 valence electrons. The fraction of sp³-hybridized carbons (Fsp3) is 0.125. The Morgan fingerprint density at radius 1 is 1.14 bits per heavy atom. The van der Waals surface area contributed by atoms with Crippen LogP contribution in [0.5, 0.6) is 0 Å². The molecular formula is C16H14ClFN2O2. The summed E-state index contributed by atoms with van der Waals surface area (Å²) in [5.74, 6) is -1.40. The number of carbonyl (C=O) groups excluding carboxylic acids is 2. The largest absolute Gasteiger partial charge is 0.326 e. The van der Waals surface area contributed by atoms with E-state index in [1.807, 2.05) is 0 Å². The van der Waals surface area contributed by atoms with Crippen molar-refractivity contribution >= 4 is 34.8 Å². The smallest absolute Gasteiger partial charge is 0.262 e. The number of benzene rings is 2. The SMILES string of the molecule is CC(=O)Nc1ccc(N(C)C(=O)c2c(F)cccc2Cl)cc1. The Morgan fingerprint density at radius 2 is 1.77 bits per heavy atom. The van der Waals surface area contributed by atoms with Crippen LogP contribution in [-0.2, 0) is 4.79 Å². The lowest BCUT2D eigenvalue weighted by molar-refractivity contribution is -0.114. The van der Waals surface area contributed by atoms with Gasteiger partial charge in [0.05, 0.1) is 10.6 Å². The van der Waals surface area contributed by atoms with E-state index in [-0.39, 0.29) is 16.5 Å². The Balaban J connectivity index is 2.25. The van der Waals surface area contributed by atoms with Crippen molar-refractivity contribution in [1.29, 1.82) is 0 Å². The molecule has 0 radical (unpaired) electrons. The summed E-state index contributed by atoms with van der Waals surface area (Å²) >= 11 is 5.90. The van der Waals surface area contributed by atoms with Crippen LogP contribution in [0.25, 0.3) is 0 Å². The number of nitrogens with zero attached hydrogens (tertiary/aromatic N) is 1. The molecule has 0 spiro atoms. The molecular weight excluding hydrogens is 307 g/mol. The highest BCUT2D eigenvalue weighted by Gasteiger charge is 2.20. The van der Waals surface area contributed by atoms with Crippen LogP contribution in [0.3, 0.4) is 0 Å². The van der Waals surface area contributed by atoms with Gasteiger partial charge in [-0.3, -0.25) is 9.59 Å². The van der Waals surface area contributed by atoms with Crippen LogP contribution in [0.15, 0.2) is 42.5 Å². The maximum Gasteiger partial charge on any atom is 0.262 e. The van der Waals surface area contributed by atoms with E-state index in [1.54, 1.807) is 24.3 Å². The monoisotopic (exact) mass is 320 g/mol. The summed E-state index contributed by atoms with van der Waals surface area (Å²) in [7, 11) is 1.53. The highest BCUT2D eigenvalue weighted by molar-refractivity contribution is 6.34. The number of rotatable bonds is 3. The first-order valence-corrected chi connectivity index (χ1v) is 6.87. The van der Waals surface area contributed by atoms with E-state index in [1.165, 1.54) is 37.1 Å². The molecule has 2 aromatic rings. The fourth-order valence-corrected chi connectivity index (χ4v) is 2.20. The van der Waals surface area contributed by atoms with E-state index < -0.39 is 11.7 Å². The van der Waals surface area contributed by atoms with E-state index >= 15 is 0 Å². The molecule has 0 heterocycles. The van der Waals surface area contributed by atoms with Gasteiger partial charge in [-0.05, 0) is 36.4 Å². The number of nitrogens with one attached hydrogen (secondary N) is 1. The van der Waals surface area contributed by atoms with Gasteiger partial charge in [-0.25, -0.2) is 4.39 Å². The lowest BCUT2D eigenvalue weighted by Crippen LogP contribution is -2.27. The van der Waals surface area contributed by atoms with Crippen LogP contribution >= 0.6 is 11.6 Å². The molecule has 6 heteroatoms. The van der Waals surface area contributed by atoms with Crippen molar-refractivity contribution < 1.29 is 14.0 Å². The number of hydrogen-bond donors (Lipinski definition) is 1. The molecule has 2 rings (SSSR count). The van der Waals surface area contributed by atoms with E-state index in [9.17, 15) is 14.0 Å². The van der Waals surface area contributed by atoms with Crippen molar-refractivity contribution in [2.75, 3.05) is 17.3 Å². The molecule has 0 bridgehead atoms. The van der Waals surface area contributed by atoms with Gasteiger partial charge in [-0.2, -0.15) is 0 Å². The molecule has 0 unspecified atom stereocenters. The van der Waals surface area contributed by atoms with E-state index in [4.69, 9.17) is 11.6 Å². The van der Waals surface area contributed by atoms with Crippen molar-refractivity contribution in [2.45, 2.75) is 6.92 Å². The fourth-order valence-electron chi connectivity index (χ4n) is 1.96. The van der Waals surface area contributed by atoms with Crippen molar-refractivity contribution in [2.24, 2.45) is 0 Å². The van der Waals surface area contributed by atoms with Gasteiger partial charge < -0.3 is 10.2 Å². The standard InChI is InChI=1S/C16H14ClFN2O2/c1-10(21)19-11-6-8-12(9-7-11)20(2)16(22)15-13(17)4-3-5-14(15)18/h3-9H,1-2H3,(H,19,21). The Kier molecular flexibility index (Phi) is 4.78. The van der Waals surface area contributed by atoms with Crippen molar-refractivity contribution in [3.8, 4) is 0 Å². The molecule has 1 N–H and O–H groups in total. The van der Waals surface area contributed by atoms with Crippen molar-refractivity contribution in [3.05, 3.63) is 58.9 Å². The minimum absolute atomic E-state index is 0.0618. The first-order chi connectivity index (χ1) is 10.4. The minimum atomic E-state index is -0.667. The maximum atomic E-state index is 13.8. The molecule has 0 fully saturated rings. The molecule has 2 amide bonds. The normalized spacial score (nSPS) is 10.2. The summed E-state index contributed by atoms with van der Waals surface area (Å²) in [6.45, 7) is 1.41. The number of amides is 2. The molecule has 0 saturated heterocycles. The molecule has 22 heavy (non-hydrogen) atoms. The van der Waals surface area contributed by atoms with Crippen LogP contribution in [0.1, 0.15) is 17.3 Å². The first kappa shape index (κ1) is 16.0. The molecule has 0 aliphatic rings. The summed E-state index contributed by atoms with van der Waals surface area (Å²) in [6, 6.07) is 10.7. The summed E-state index contributed by atoms with van der Waals surface area (Å²) in [6.07, 6.45) is 0. The lowest BCUT2D eigenvalue weighted by Gasteiger charge is -2.18. The number of anilines is 2. The van der Waals surface area contributed by atoms with Crippen molar-refractivity contribution in [1.82, 2.24) is 0 Å². The molecule has 4 nitrogen and oxygen atoms in total. The summed E-state index contributed by atoms with van der Waals surface area (Å²) in [5, 5.41) is 2.69. The number of hydrogen-bond acceptors (Lipinski definition) is 2. The van der Waals surface area contributed by atoms with Gasteiger partial charge in [0.2, 0.25) is 5.91 Å². The number of halogens is 2. The summed E-state index contributed by atoms with van der Waals surface area (Å²) < 4.78 is 13.8.